The lowest BCUT2D eigenvalue weighted by atomic mass is 10.1. The third-order valence-corrected chi connectivity index (χ3v) is 3.94. The second-order valence-corrected chi connectivity index (χ2v) is 5.70. The topological polar surface area (TPSA) is 65.4 Å². The first-order chi connectivity index (χ1) is 10.2. The van der Waals surface area contributed by atoms with Crippen molar-refractivity contribution in [1.82, 2.24) is 5.32 Å². The van der Waals surface area contributed by atoms with Gasteiger partial charge in [-0.3, -0.25) is 4.79 Å². The quantitative estimate of drug-likeness (QED) is 0.910. The Bertz CT molecular complexity index is 590. The Kier molecular flexibility index (Phi) is 3.80. The van der Waals surface area contributed by atoms with Gasteiger partial charge < -0.3 is 15.0 Å². The molecule has 1 atom stereocenters. The molecule has 1 heterocycles. The molecular formula is C16H19N3O2. The first-order valence-corrected chi connectivity index (χ1v) is 7.34. The fraction of sp³-hybridized carbons (Fsp3) is 0.500. The Morgan fingerprint density at radius 3 is 3.00 bits per heavy atom. The Balaban J connectivity index is 1.88. The highest BCUT2D eigenvalue weighted by molar-refractivity contribution is 5.86. The monoisotopic (exact) mass is 285 g/mol. The van der Waals surface area contributed by atoms with E-state index in [2.05, 4.69) is 11.4 Å². The van der Waals surface area contributed by atoms with Gasteiger partial charge in [-0.1, -0.05) is 6.07 Å². The number of morpholine rings is 1. The van der Waals surface area contributed by atoms with Gasteiger partial charge in [0.1, 0.15) is 12.1 Å². The molecule has 5 heteroatoms. The molecule has 1 aromatic rings. The van der Waals surface area contributed by atoms with E-state index in [9.17, 15) is 10.1 Å². The molecule has 21 heavy (non-hydrogen) atoms. The van der Waals surface area contributed by atoms with E-state index in [0.29, 0.717) is 31.4 Å². The summed E-state index contributed by atoms with van der Waals surface area (Å²) in [5.41, 5.74) is 2.51. The van der Waals surface area contributed by atoms with Crippen LogP contribution in [0.1, 0.15) is 24.0 Å². The summed E-state index contributed by atoms with van der Waals surface area (Å²) in [5.74, 6) is 0.00240. The van der Waals surface area contributed by atoms with Crippen molar-refractivity contribution in [3.8, 4) is 6.07 Å². The van der Waals surface area contributed by atoms with Crippen LogP contribution >= 0.6 is 0 Å². The summed E-state index contributed by atoms with van der Waals surface area (Å²) in [6, 6.07) is 7.90. The predicted molar refractivity (Wildman–Crippen MR) is 79.0 cm³/mol. The highest BCUT2D eigenvalue weighted by Crippen LogP contribution is 2.26. The van der Waals surface area contributed by atoms with Gasteiger partial charge in [0, 0.05) is 12.6 Å². The zero-order valence-corrected chi connectivity index (χ0v) is 12.1. The van der Waals surface area contributed by atoms with E-state index >= 15 is 0 Å². The smallest absolute Gasteiger partial charge is 0.245 e. The van der Waals surface area contributed by atoms with Crippen molar-refractivity contribution in [2.45, 2.75) is 31.8 Å². The third kappa shape index (κ3) is 3.01. The zero-order valence-electron chi connectivity index (χ0n) is 12.1. The molecule has 1 aromatic carbocycles. The number of anilines is 1. The molecule has 1 unspecified atom stereocenters. The van der Waals surface area contributed by atoms with E-state index in [4.69, 9.17) is 4.74 Å². The minimum Gasteiger partial charge on any atom is -0.377 e. The molecule has 1 aliphatic carbocycles. The number of amides is 1. The fourth-order valence-corrected chi connectivity index (χ4v) is 2.61. The van der Waals surface area contributed by atoms with Crippen LogP contribution in [0.25, 0.3) is 0 Å². The molecule has 1 aliphatic heterocycles. The molecule has 0 aromatic heterocycles. The lowest BCUT2D eigenvalue weighted by molar-refractivity contribution is -0.124. The Morgan fingerprint density at radius 2 is 2.29 bits per heavy atom. The average Bonchev–Trinajstić information content (AvgIpc) is 3.31. The summed E-state index contributed by atoms with van der Waals surface area (Å²) in [6.07, 6.45) is 2.13. The van der Waals surface area contributed by atoms with Gasteiger partial charge in [-0.15, -0.1) is 0 Å². The second kappa shape index (κ2) is 5.74. The maximum atomic E-state index is 12.4. The lowest BCUT2D eigenvalue weighted by Crippen LogP contribution is -2.54. The molecule has 0 spiro atoms. The van der Waals surface area contributed by atoms with Crippen molar-refractivity contribution in [2.24, 2.45) is 0 Å². The van der Waals surface area contributed by atoms with Crippen molar-refractivity contribution in [1.29, 1.82) is 5.26 Å². The van der Waals surface area contributed by atoms with Crippen molar-refractivity contribution < 1.29 is 9.53 Å². The lowest BCUT2D eigenvalue weighted by Gasteiger charge is -2.37. The van der Waals surface area contributed by atoms with Gasteiger partial charge in [0.25, 0.3) is 0 Å². The van der Waals surface area contributed by atoms with Gasteiger partial charge in [-0.2, -0.15) is 5.26 Å². The van der Waals surface area contributed by atoms with E-state index < -0.39 is 0 Å². The maximum Gasteiger partial charge on any atom is 0.245 e. The van der Waals surface area contributed by atoms with E-state index in [1.807, 2.05) is 30.0 Å². The molecule has 3 rings (SSSR count). The highest BCUT2D eigenvalue weighted by Gasteiger charge is 2.34. The van der Waals surface area contributed by atoms with Crippen LogP contribution in [0.4, 0.5) is 5.69 Å². The molecule has 1 saturated heterocycles. The summed E-state index contributed by atoms with van der Waals surface area (Å²) >= 11 is 0. The number of benzene rings is 1. The number of carbonyl (C=O) groups is 1. The van der Waals surface area contributed by atoms with E-state index in [0.717, 1.165) is 24.1 Å². The number of hydrogen-bond donors (Lipinski definition) is 1. The summed E-state index contributed by atoms with van der Waals surface area (Å²) in [6.45, 7) is 3.56. The van der Waals surface area contributed by atoms with Gasteiger partial charge in [-0.05, 0) is 37.5 Å². The Labute approximate surface area is 124 Å². The second-order valence-electron chi connectivity index (χ2n) is 5.70. The van der Waals surface area contributed by atoms with Crippen molar-refractivity contribution in [2.75, 3.05) is 24.7 Å². The minimum absolute atomic E-state index is 0.00240. The number of nitrogens with one attached hydrogen (secondary N) is 1. The number of hydrogen-bond acceptors (Lipinski definition) is 4. The third-order valence-electron chi connectivity index (χ3n) is 3.94. The SMILES string of the molecule is Cc1ccc(C#N)c(N2CCOCC2C(=O)NC2CC2)c1. The summed E-state index contributed by atoms with van der Waals surface area (Å²) in [4.78, 5) is 14.4. The highest BCUT2D eigenvalue weighted by atomic mass is 16.5. The molecule has 2 aliphatic rings. The summed E-state index contributed by atoms with van der Waals surface area (Å²) in [5, 5.41) is 12.3. The average molecular weight is 285 g/mol. The Morgan fingerprint density at radius 1 is 1.48 bits per heavy atom. The minimum atomic E-state index is -0.353. The van der Waals surface area contributed by atoms with Gasteiger partial charge in [-0.25, -0.2) is 0 Å². The van der Waals surface area contributed by atoms with Crippen LogP contribution in [-0.2, 0) is 9.53 Å². The van der Waals surface area contributed by atoms with Crippen molar-refractivity contribution >= 4 is 11.6 Å². The van der Waals surface area contributed by atoms with Crippen LogP contribution in [0.3, 0.4) is 0 Å². The number of nitrogens with zero attached hydrogens (tertiary/aromatic N) is 2. The van der Waals surface area contributed by atoms with E-state index in [-0.39, 0.29) is 11.9 Å². The molecule has 1 N–H and O–H groups in total. The van der Waals surface area contributed by atoms with Crippen molar-refractivity contribution in [3.63, 3.8) is 0 Å². The number of nitriles is 1. The maximum absolute atomic E-state index is 12.4. The first-order valence-electron chi connectivity index (χ1n) is 7.34. The predicted octanol–water partition coefficient (Wildman–Crippen LogP) is 1.35. The molecule has 110 valence electrons. The number of rotatable bonds is 3. The van der Waals surface area contributed by atoms with Gasteiger partial charge in [0.05, 0.1) is 24.5 Å². The van der Waals surface area contributed by atoms with Gasteiger partial charge in [0.2, 0.25) is 5.91 Å². The number of aryl methyl sites for hydroxylation is 1. The summed E-state index contributed by atoms with van der Waals surface area (Å²) < 4.78 is 5.48. The van der Waals surface area contributed by atoms with Crippen LogP contribution in [0.15, 0.2) is 18.2 Å². The van der Waals surface area contributed by atoms with E-state index in [1.165, 1.54) is 0 Å². The first kappa shape index (κ1) is 13.9. The van der Waals surface area contributed by atoms with Crippen LogP contribution in [0.2, 0.25) is 0 Å². The van der Waals surface area contributed by atoms with Crippen LogP contribution in [-0.4, -0.2) is 37.7 Å². The standard InChI is InChI=1S/C16H19N3O2/c1-11-2-3-12(9-17)14(8-11)19-6-7-21-10-15(19)16(20)18-13-4-5-13/h2-3,8,13,15H,4-7,10H2,1H3,(H,18,20). The normalized spacial score (nSPS) is 21.7. The number of ether oxygens (including phenoxy) is 1. The molecular weight excluding hydrogens is 266 g/mol. The molecule has 2 fully saturated rings. The molecule has 0 bridgehead atoms. The molecule has 1 amide bonds. The van der Waals surface area contributed by atoms with Crippen LogP contribution < -0.4 is 10.2 Å². The van der Waals surface area contributed by atoms with Crippen molar-refractivity contribution in [3.05, 3.63) is 29.3 Å². The molecule has 1 saturated carbocycles. The fourth-order valence-electron chi connectivity index (χ4n) is 2.61. The largest absolute Gasteiger partial charge is 0.377 e. The Hall–Kier alpha value is -2.06. The van der Waals surface area contributed by atoms with Crippen LogP contribution in [0.5, 0.6) is 0 Å². The van der Waals surface area contributed by atoms with Gasteiger partial charge >= 0.3 is 0 Å². The molecule has 0 radical (unpaired) electrons. The summed E-state index contributed by atoms with van der Waals surface area (Å²) in [7, 11) is 0. The number of carbonyl (C=O) groups excluding carboxylic acids is 1. The zero-order chi connectivity index (χ0) is 14.8. The van der Waals surface area contributed by atoms with E-state index in [1.54, 1.807) is 0 Å². The van der Waals surface area contributed by atoms with Gasteiger partial charge in [0.15, 0.2) is 0 Å². The molecule has 5 nitrogen and oxygen atoms in total. The van der Waals surface area contributed by atoms with Crippen LogP contribution in [0, 0.1) is 18.3 Å².